The molecule has 0 fully saturated rings. The Kier molecular flexibility index (Phi) is 3.35. The highest BCUT2D eigenvalue weighted by molar-refractivity contribution is 6.17. The molecule has 14 heavy (non-hydrogen) atoms. The summed E-state index contributed by atoms with van der Waals surface area (Å²) in [6, 6.07) is 1.29. The Morgan fingerprint density at radius 2 is 2.29 bits per heavy atom. The van der Waals surface area contributed by atoms with Crippen LogP contribution in [0.4, 0.5) is 14.5 Å². The number of nitrogens with zero attached hydrogens (tertiary/aromatic N) is 1. The van der Waals surface area contributed by atoms with Gasteiger partial charge in [-0.3, -0.25) is 4.79 Å². The number of aromatic nitrogens is 1. The minimum Gasteiger partial charge on any atom is -0.396 e. The highest BCUT2D eigenvalue weighted by Gasteiger charge is 2.17. The molecule has 76 valence electrons. The Balaban J connectivity index is 3.34. The summed E-state index contributed by atoms with van der Waals surface area (Å²) in [6.07, 6.45) is -2.41. The van der Waals surface area contributed by atoms with Crippen LogP contribution in [0.2, 0.25) is 0 Å². The molecule has 1 rings (SSSR count). The summed E-state index contributed by atoms with van der Waals surface area (Å²) in [5, 5.41) is 0. The monoisotopic (exact) mass is 220 g/mol. The summed E-state index contributed by atoms with van der Waals surface area (Å²) in [7, 11) is 0. The van der Waals surface area contributed by atoms with Crippen LogP contribution in [0.15, 0.2) is 6.07 Å². The maximum Gasteiger partial charge on any atom is 0.282 e. The van der Waals surface area contributed by atoms with Gasteiger partial charge in [-0.15, -0.1) is 11.6 Å². The van der Waals surface area contributed by atoms with Crippen molar-refractivity contribution in [2.75, 3.05) is 5.73 Å². The van der Waals surface area contributed by atoms with Gasteiger partial charge in [0.25, 0.3) is 6.43 Å². The zero-order chi connectivity index (χ0) is 10.7. The number of anilines is 1. The number of alkyl halides is 3. The van der Waals surface area contributed by atoms with Gasteiger partial charge in [0.15, 0.2) is 6.29 Å². The van der Waals surface area contributed by atoms with Gasteiger partial charge in [0.1, 0.15) is 5.69 Å². The first-order valence-electron chi connectivity index (χ1n) is 3.68. The van der Waals surface area contributed by atoms with Crippen LogP contribution in [-0.2, 0) is 5.88 Å². The third kappa shape index (κ3) is 1.98. The first kappa shape index (κ1) is 10.8. The number of nitrogens with two attached hydrogens (primary N) is 1. The highest BCUT2D eigenvalue weighted by atomic mass is 35.5. The van der Waals surface area contributed by atoms with Gasteiger partial charge < -0.3 is 5.73 Å². The number of nitrogen functional groups attached to an aromatic ring is 1. The summed E-state index contributed by atoms with van der Waals surface area (Å²) >= 11 is 5.42. The molecule has 0 aliphatic carbocycles. The van der Waals surface area contributed by atoms with E-state index in [2.05, 4.69) is 4.98 Å². The van der Waals surface area contributed by atoms with E-state index in [4.69, 9.17) is 17.3 Å². The van der Waals surface area contributed by atoms with E-state index in [0.29, 0.717) is 6.29 Å². The molecule has 0 saturated carbocycles. The van der Waals surface area contributed by atoms with Gasteiger partial charge in [-0.25, -0.2) is 13.8 Å². The Bertz CT molecular complexity index is 357. The zero-order valence-corrected chi connectivity index (χ0v) is 7.76. The van der Waals surface area contributed by atoms with Crippen LogP contribution in [0.3, 0.4) is 0 Å². The third-order valence-corrected chi connectivity index (χ3v) is 1.92. The van der Waals surface area contributed by atoms with E-state index in [0.717, 1.165) is 0 Å². The average molecular weight is 221 g/mol. The Morgan fingerprint density at radius 3 is 2.71 bits per heavy atom. The number of carbonyl (C=O) groups is 1. The van der Waals surface area contributed by atoms with Gasteiger partial charge in [0.05, 0.1) is 17.3 Å². The van der Waals surface area contributed by atoms with Crippen molar-refractivity contribution < 1.29 is 13.6 Å². The lowest BCUT2D eigenvalue weighted by atomic mass is 10.1. The Hall–Kier alpha value is -1.23. The van der Waals surface area contributed by atoms with Crippen LogP contribution in [0.1, 0.15) is 28.2 Å². The van der Waals surface area contributed by atoms with Crippen molar-refractivity contribution in [2.24, 2.45) is 0 Å². The fraction of sp³-hybridized carbons (Fsp3) is 0.250. The highest BCUT2D eigenvalue weighted by Crippen LogP contribution is 2.26. The molecule has 1 heterocycles. The van der Waals surface area contributed by atoms with Crippen molar-refractivity contribution in [2.45, 2.75) is 12.3 Å². The van der Waals surface area contributed by atoms with Crippen LogP contribution in [0.25, 0.3) is 0 Å². The van der Waals surface area contributed by atoms with Crippen molar-refractivity contribution in [3.8, 4) is 0 Å². The van der Waals surface area contributed by atoms with Crippen molar-refractivity contribution in [1.29, 1.82) is 0 Å². The molecule has 1 aromatic heterocycles. The molecule has 0 aliphatic heterocycles. The lowest BCUT2D eigenvalue weighted by molar-refractivity contribution is 0.112. The molecule has 0 aromatic carbocycles. The Morgan fingerprint density at radius 1 is 1.64 bits per heavy atom. The summed E-state index contributed by atoms with van der Waals surface area (Å²) in [6.45, 7) is 0. The average Bonchev–Trinajstić information content (AvgIpc) is 2.17. The smallest absolute Gasteiger partial charge is 0.282 e. The van der Waals surface area contributed by atoms with E-state index in [1.807, 2.05) is 0 Å². The second-order valence-corrected chi connectivity index (χ2v) is 2.82. The standard InChI is InChI=1S/C8H7ClF2N2O/c9-2-5-1-4(3-14)6(12)7(13-5)8(10)11/h1,3,8H,2,12H2. The van der Waals surface area contributed by atoms with Crippen LogP contribution in [0.5, 0.6) is 0 Å². The number of carbonyl (C=O) groups excluding carboxylic acids is 1. The molecule has 0 radical (unpaired) electrons. The quantitative estimate of drug-likeness (QED) is 0.627. The number of halogens is 3. The fourth-order valence-electron chi connectivity index (χ4n) is 0.985. The molecule has 0 spiro atoms. The van der Waals surface area contributed by atoms with Crippen LogP contribution in [0, 0.1) is 0 Å². The van der Waals surface area contributed by atoms with Crippen LogP contribution in [-0.4, -0.2) is 11.3 Å². The maximum absolute atomic E-state index is 12.4. The molecule has 6 heteroatoms. The number of pyridine rings is 1. The zero-order valence-electron chi connectivity index (χ0n) is 7.01. The van der Waals surface area contributed by atoms with Crippen LogP contribution < -0.4 is 5.73 Å². The van der Waals surface area contributed by atoms with Crippen LogP contribution >= 0.6 is 11.6 Å². The number of aldehydes is 1. The molecule has 0 aliphatic rings. The topological polar surface area (TPSA) is 56.0 Å². The number of hydrogen-bond donors (Lipinski definition) is 1. The summed E-state index contributed by atoms with van der Waals surface area (Å²) in [5.41, 5.74) is 4.62. The minimum absolute atomic E-state index is 0.00838. The first-order chi connectivity index (χ1) is 6.60. The van der Waals surface area contributed by atoms with Crippen molar-refractivity contribution >= 4 is 23.6 Å². The first-order valence-corrected chi connectivity index (χ1v) is 4.22. The second kappa shape index (κ2) is 4.32. The Labute approximate surface area is 83.9 Å². The summed E-state index contributed by atoms with van der Waals surface area (Å²) in [5.74, 6) is -0.0408. The number of rotatable bonds is 3. The molecule has 0 unspecified atom stereocenters. The molecule has 2 N–H and O–H groups in total. The van der Waals surface area contributed by atoms with Gasteiger partial charge in [-0.1, -0.05) is 0 Å². The van der Waals surface area contributed by atoms with Crippen molar-refractivity contribution in [3.05, 3.63) is 23.0 Å². The molecule has 0 saturated heterocycles. The lowest BCUT2D eigenvalue weighted by Crippen LogP contribution is -2.05. The van der Waals surface area contributed by atoms with E-state index in [9.17, 15) is 13.6 Å². The lowest BCUT2D eigenvalue weighted by Gasteiger charge is -2.07. The molecular weight excluding hydrogens is 214 g/mol. The van der Waals surface area contributed by atoms with Gasteiger partial charge in [-0.2, -0.15) is 0 Å². The maximum atomic E-state index is 12.4. The predicted octanol–water partition coefficient (Wildman–Crippen LogP) is 2.15. The molecule has 0 atom stereocenters. The fourth-order valence-corrected chi connectivity index (χ4v) is 1.12. The SMILES string of the molecule is Nc1c(C=O)cc(CCl)nc1C(F)F. The third-order valence-electron chi connectivity index (χ3n) is 1.64. The number of hydrogen-bond acceptors (Lipinski definition) is 3. The minimum atomic E-state index is -2.81. The molecule has 0 bridgehead atoms. The van der Waals surface area contributed by atoms with E-state index in [1.165, 1.54) is 6.07 Å². The van der Waals surface area contributed by atoms with Gasteiger partial charge >= 0.3 is 0 Å². The van der Waals surface area contributed by atoms with E-state index < -0.39 is 12.1 Å². The van der Waals surface area contributed by atoms with Gasteiger partial charge in [0.2, 0.25) is 0 Å². The molecule has 1 aromatic rings. The summed E-state index contributed by atoms with van der Waals surface area (Å²) in [4.78, 5) is 14.0. The second-order valence-electron chi connectivity index (χ2n) is 2.55. The van der Waals surface area contributed by atoms with Gasteiger partial charge in [-0.05, 0) is 6.07 Å². The normalized spacial score (nSPS) is 10.6. The van der Waals surface area contributed by atoms with E-state index in [-0.39, 0.29) is 22.8 Å². The predicted molar refractivity (Wildman–Crippen MR) is 48.6 cm³/mol. The van der Waals surface area contributed by atoms with Gasteiger partial charge in [0, 0.05) is 5.56 Å². The van der Waals surface area contributed by atoms with E-state index >= 15 is 0 Å². The van der Waals surface area contributed by atoms with E-state index in [1.54, 1.807) is 0 Å². The largest absolute Gasteiger partial charge is 0.396 e. The molecule has 0 amide bonds. The molecule has 3 nitrogen and oxygen atoms in total. The molecular formula is C8H7ClF2N2O. The van der Waals surface area contributed by atoms with Crippen molar-refractivity contribution in [3.63, 3.8) is 0 Å². The van der Waals surface area contributed by atoms with Crippen molar-refractivity contribution in [1.82, 2.24) is 4.98 Å². The summed E-state index contributed by atoms with van der Waals surface area (Å²) < 4.78 is 24.7.